The third-order valence-corrected chi connectivity index (χ3v) is 4.94. The van der Waals surface area contributed by atoms with Gasteiger partial charge in [0, 0.05) is 12.3 Å². The molecule has 1 N–H and O–H groups in total. The molecule has 0 spiro atoms. The third-order valence-electron chi connectivity index (χ3n) is 3.08. The van der Waals surface area contributed by atoms with Crippen molar-refractivity contribution >= 4 is 21.2 Å². The first-order chi connectivity index (χ1) is 9.00. The van der Waals surface area contributed by atoms with Gasteiger partial charge in [-0.15, -0.1) is 0 Å². The maximum absolute atomic E-state index is 11.4. The van der Waals surface area contributed by atoms with Gasteiger partial charge in [0.25, 0.3) is 0 Å². The molecule has 0 fully saturated rings. The van der Waals surface area contributed by atoms with E-state index in [1.807, 2.05) is 19.2 Å². The van der Waals surface area contributed by atoms with Gasteiger partial charge in [0.15, 0.2) is 9.84 Å². The zero-order chi connectivity index (χ0) is 13.9. The fraction of sp³-hybridized carbons (Fsp3) is 0.286. The third kappa shape index (κ3) is 3.65. The van der Waals surface area contributed by atoms with E-state index in [0.717, 1.165) is 12.0 Å². The topological polar surface area (TPSA) is 46.2 Å². The molecule has 1 aromatic heterocycles. The quantitative estimate of drug-likeness (QED) is 0.922. The Morgan fingerprint density at radius 3 is 2.37 bits per heavy atom. The summed E-state index contributed by atoms with van der Waals surface area (Å²) in [5, 5.41) is 7.47. The van der Waals surface area contributed by atoms with Crippen molar-refractivity contribution in [3.63, 3.8) is 0 Å². The first-order valence-corrected chi connectivity index (χ1v) is 8.82. The molecule has 0 radical (unpaired) electrons. The zero-order valence-corrected chi connectivity index (χ0v) is 12.6. The van der Waals surface area contributed by atoms with Crippen LogP contribution in [0.25, 0.3) is 0 Å². The molecule has 0 aliphatic heterocycles. The molecular weight excluding hydrogens is 278 g/mol. The maximum atomic E-state index is 11.4. The van der Waals surface area contributed by atoms with Gasteiger partial charge in [-0.1, -0.05) is 12.1 Å². The molecule has 0 bridgehead atoms. The van der Waals surface area contributed by atoms with Crippen LogP contribution in [-0.2, 0) is 16.3 Å². The summed E-state index contributed by atoms with van der Waals surface area (Å²) in [5.41, 5.74) is 2.39. The summed E-state index contributed by atoms with van der Waals surface area (Å²) in [6, 6.07) is 9.40. The Kier molecular flexibility index (Phi) is 4.39. The highest BCUT2D eigenvalue weighted by Crippen LogP contribution is 2.21. The standard InChI is InChI=1S/C14H17NO2S2/c1-15-14(9-11-7-8-18-10-11)12-3-5-13(6-4-12)19(2,16)17/h3-8,10,14-15H,9H2,1-2H3. The minimum atomic E-state index is -3.12. The predicted octanol–water partition coefficient (Wildman–Crippen LogP) is 2.65. The number of rotatable bonds is 5. The molecule has 1 aromatic carbocycles. The van der Waals surface area contributed by atoms with Crippen LogP contribution in [0.1, 0.15) is 17.2 Å². The lowest BCUT2D eigenvalue weighted by Crippen LogP contribution is -2.18. The smallest absolute Gasteiger partial charge is 0.175 e. The Hall–Kier alpha value is -1.17. The van der Waals surface area contributed by atoms with E-state index < -0.39 is 9.84 Å². The Bertz CT molecular complexity index is 616. The second-order valence-corrected chi connectivity index (χ2v) is 7.31. The van der Waals surface area contributed by atoms with Gasteiger partial charge in [-0.05, 0) is 53.6 Å². The van der Waals surface area contributed by atoms with Crippen LogP contribution in [0.3, 0.4) is 0 Å². The fourth-order valence-electron chi connectivity index (χ4n) is 1.98. The van der Waals surface area contributed by atoms with Crippen molar-refractivity contribution in [1.29, 1.82) is 0 Å². The molecule has 1 atom stereocenters. The summed E-state index contributed by atoms with van der Waals surface area (Å²) in [6.45, 7) is 0. The Balaban J connectivity index is 2.20. The van der Waals surface area contributed by atoms with Gasteiger partial charge in [0.1, 0.15) is 0 Å². The first kappa shape index (κ1) is 14.2. The van der Waals surface area contributed by atoms with Crippen molar-refractivity contribution in [3.8, 4) is 0 Å². The lowest BCUT2D eigenvalue weighted by atomic mass is 10.0. The van der Waals surface area contributed by atoms with Crippen molar-refractivity contribution in [1.82, 2.24) is 5.32 Å². The highest BCUT2D eigenvalue weighted by atomic mass is 32.2. The molecular formula is C14H17NO2S2. The number of thiophene rings is 1. The molecule has 5 heteroatoms. The minimum Gasteiger partial charge on any atom is -0.313 e. The number of hydrogen-bond donors (Lipinski definition) is 1. The number of sulfone groups is 1. The zero-order valence-electron chi connectivity index (χ0n) is 11.0. The molecule has 102 valence electrons. The van der Waals surface area contributed by atoms with E-state index in [1.165, 1.54) is 11.8 Å². The molecule has 2 rings (SSSR count). The number of nitrogens with one attached hydrogen (secondary N) is 1. The highest BCUT2D eigenvalue weighted by Gasteiger charge is 2.12. The molecule has 0 saturated heterocycles. The van der Waals surface area contributed by atoms with E-state index >= 15 is 0 Å². The molecule has 0 aliphatic rings. The van der Waals surface area contributed by atoms with Crippen LogP contribution in [0.4, 0.5) is 0 Å². The largest absolute Gasteiger partial charge is 0.313 e. The second-order valence-electron chi connectivity index (χ2n) is 4.52. The van der Waals surface area contributed by atoms with Crippen LogP contribution >= 0.6 is 11.3 Å². The Morgan fingerprint density at radius 1 is 1.21 bits per heavy atom. The predicted molar refractivity (Wildman–Crippen MR) is 79.4 cm³/mol. The summed E-state index contributed by atoms with van der Waals surface area (Å²) in [5.74, 6) is 0. The van der Waals surface area contributed by atoms with Gasteiger partial charge < -0.3 is 5.32 Å². The van der Waals surface area contributed by atoms with Gasteiger partial charge >= 0.3 is 0 Å². The van der Waals surface area contributed by atoms with Gasteiger partial charge in [0.2, 0.25) is 0 Å². The molecule has 2 aromatic rings. The molecule has 0 amide bonds. The van der Waals surface area contributed by atoms with E-state index in [-0.39, 0.29) is 6.04 Å². The minimum absolute atomic E-state index is 0.197. The summed E-state index contributed by atoms with van der Waals surface area (Å²) in [6.07, 6.45) is 2.13. The molecule has 19 heavy (non-hydrogen) atoms. The monoisotopic (exact) mass is 295 g/mol. The van der Waals surface area contributed by atoms with Crippen LogP contribution in [0.15, 0.2) is 46.0 Å². The van der Waals surface area contributed by atoms with E-state index in [4.69, 9.17) is 0 Å². The average Bonchev–Trinajstić information content (AvgIpc) is 2.88. The van der Waals surface area contributed by atoms with Gasteiger partial charge in [0.05, 0.1) is 4.90 Å². The van der Waals surface area contributed by atoms with E-state index in [1.54, 1.807) is 23.5 Å². The van der Waals surface area contributed by atoms with Crippen molar-refractivity contribution in [2.45, 2.75) is 17.4 Å². The van der Waals surface area contributed by atoms with Crippen molar-refractivity contribution in [2.75, 3.05) is 13.3 Å². The van der Waals surface area contributed by atoms with E-state index in [9.17, 15) is 8.42 Å². The van der Waals surface area contributed by atoms with Crippen LogP contribution in [0.5, 0.6) is 0 Å². The average molecular weight is 295 g/mol. The number of hydrogen-bond acceptors (Lipinski definition) is 4. The number of benzene rings is 1. The highest BCUT2D eigenvalue weighted by molar-refractivity contribution is 7.90. The molecule has 0 aliphatic carbocycles. The van der Waals surface area contributed by atoms with Crippen molar-refractivity contribution in [2.24, 2.45) is 0 Å². The summed E-state index contributed by atoms with van der Waals surface area (Å²) in [7, 11) is -1.20. The number of likely N-dealkylation sites (N-methyl/N-ethyl adjacent to an activating group) is 1. The van der Waals surface area contributed by atoms with Crippen LogP contribution in [0, 0.1) is 0 Å². The van der Waals surface area contributed by atoms with Crippen molar-refractivity contribution < 1.29 is 8.42 Å². The van der Waals surface area contributed by atoms with Crippen LogP contribution in [0.2, 0.25) is 0 Å². The van der Waals surface area contributed by atoms with E-state index in [2.05, 4.69) is 22.1 Å². The Morgan fingerprint density at radius 2 is 1.89 bits per heavy atom. The van der Waals surface area contributed by atoms with Crippen LogP contribution < -0.4 is 5.32 Å². The molecule has 1 heterocycles. The van der Waals surface area contributed by atoms with Crippen LogP contribution in [-0.4, -0.2) is 21.7 Å². The molecule has 3 nitrogen and oxygen atoms in total. The summed E-state index contributed by atoms with van der Waals surface area (Å²) in [4.78, 5) is 0.363. The van der Waals surface area contributed by atoms with Gasteiger partial charge in [-0.3, -0.25) is 0 Å². The van der Waals surface area contributed by atoms with Crippen molar-refractivity contribution in [3.05, 3.63) is 52.2 Å². The van der Waals surface area contributed by atoms with Gasteiger partial charge in [-0.2, -0.15) is 11.3 Å². The second kappa shape index (κ2) is 5.86. The van der Waals surface area contributed by atoms with E-state index in [0.29, 0.717) is 4.90 Å². The first-order valence-electron chi connectivity index (χ1n) is 5.99. The summed E-state index contributed by atoms with van der Waals surface area (Å²) < 4.78 is 22.9. The lowest BCUT2D eigenvalue weighted by Gasteiger charge is -2.16. The SMILES string of the molecule is CNC(Cc1ccsc1)c1ccc(S(C)(=O)=O)cc1. The summed E-state index contributed by atoms with van der Waals surface area (Å²) >= 11 is 1.69. The molecule has 0 saturated carbocycles. The maximum Gasteiger partial charge on any atom is 0.175 e. The lowest BCUT2D eigenvalue weighted by molar-refractivity contribution is 0.590. The Labute approximate surface area is 118 Å². The molecule has 1 unspecified atom stereocenters. The fourth-order valence-corrected chi connectivity index (χ4v) is 3.29. The normalized spacial score (nSPS) is 13.4. The van der Waals surface area contributed by atoms with Gasteiger partial charge in [-0.25, -0.2) is 8.42 Å².